The Labute approximate surface area is 111 Å². The lowest BCUT2D eigenvalue weighted by atomic mass is 10.1. The van der Waals surface area contributed by atoms with Gasteiger partial charge >= 0.3 is 0 Å². The first-order valence-corrected chi connectivity index (χ1v) is 6.41. The summed E-state index contributed by atoms with van der Waals surface area (Å²) < 4.78 is 2.19. The van der Waals surface area contributed by atoms with Crippen molar-refractivity contribution in [1.82, 2.24) is 19.4 Å². The summed E-state index contributed by atoms with van der Waals surface area (Å²) >= 11 is 0. The molecule has 1 atom stereocenters. The summed E-state index contributed by atoms with van der Waals surface area (Å²) in [5.41, 5.74) is 2.40. The molecule has 0 saturated carbocycles. The topological polar surface area (TPSA) is 51.0 Å². The summed E-state index contributed by atoms with van der Waals surface area (Å²) in [6.45, 7) is 5.44. The lowest BCUT2D eigenvalue weighted by molar-refractivity contribution is 0.0637. The summed E-state index contributed by atoms with van der Waals surface area (Å²) in [4.78, 5) is 22.6. The molecule has 0 spiro atoms. The number of hydrogen-bond acceptors (Lipinski definition) is 3. The summed E-state index contributed by atoms with van der Waals surface area (Å²) in [7, 11) is 0. The summed E-state index contributed by atoms with van der Waals surface area (Å²) in [5.74, 6) is -0.0487. The van der Waals surface area contributed by atoms with E-state index in [2.05, 4.69) is 26.8 Å². The quantitative estimate of drug-likeness (QED) is 0.781. The van der Waals surface area contributed by atoms with Gasteiger partial charge in [0.2, 0.25) is 0 Å². The number of aryl methyl sites for hydroxylation is 1. The summed E-state index contributed by atoms with van der Waals surface area (Å²) in [5, 5.41) is 0. The van der Waals surface area contributed by atoms with Crippen molar-refractivity contribution in [3.05, 3.63) is 47.8 Å². The first-order chi connectivity index (χ1) is 9.16. The van der Waals surface area contributed by atoms with Crippen molar-refractivity contribution in [2.24, 2.45) is 0 Å². The van der Waals surface area contributed by atoms with Crippen LogP contribution in [0, 0.1) is 6.92 Å². The Kier molecular flexibility index (Phi) is 2.81. The predicted molar refractivity (Wildman–Crippen MR) is 70.7 cm³/mol. The number of fused-ring (bicyclic) bond motifs is 1. The van der Waals surface area contributed by atoms with Crippen LogP contribution in [0.3, 0.4) is 0 Å². The Balaban J connectivity index is 1.87. The second-order valence-corrected chi connectivity index (χ2v) is 4.84. The number of carbonyl (C=O) groups excluding carboxylic acids is 1. The molecule has 0 fully saturated rings. The van der Waals surface area contributed by atoms with Crippen molar-refractivity contribution in [1.29, 1.82) is 0 Å². The van der Waals surface area contributed by atoms with Crippen LogP contribution in [0.25, 0.3) is 0 Å². The first kappa shape index (κ1) is 11.9. The minimum absolute atomic E-state index is 0.0487. The number of nitrogens with zero attached hydrogens (tertiary/aromatic N) is 4. The molecule has 0 bridgehead atoms. The molecule has 5 heteroatoms. The number of hydrogen-bond donors (Lipinski definition) is 0. The maximum Gasteiger partial charge on any atom is 0.274 e. The van der Waals surface area contributed by atoms with E-state index in [1.165, 1.54) is 5.69 Å². The third-order valence-corrected chi connectivity index (χ3v) is 3.60. The highest BCUT2D eigenvalue weighted by Crippen LogP contribution is 2.26. The third kappa shape index (κ3) is 2.01. The van der Waals surface area contributed by atoms with Gasteiger partial charge in [0.1, 0.15) is 5.69 Å². The average molecular weight is 256 g/mol. The van der Waals surface area contributed by atoms with Crippen molar-refractivity contribution >= 4 is 5.91 Å². The fraction of sp³-hybridized carbons (Fsp3) is 0.357. The minimum Gasteiger partial charge on any atom is -0.348 e. The molecule has 3 rings (SSSR count). The van der Waals surface area contributed by atoms with Gasteiger partial charge in [0.15, 0.2) is 0 Å². The zero-order valence-electron chi connectivity index (χ0n) is 11.1. The van der Waals surface area contributed by atoms with Gasteiger partial charge in [-0.1, -0.05) is 0 Å². The molecule has 2 aromatic heterocycles. The van der Waals surface area contributed by atoms with Gasteiger partial charge in [-0.3, -0.25) is 9.78 Å². The predicted octanol–water partition coefficient (Wildman–Crippen LogP) is 1.80. The number of rotatable bonds is 1. The molecule has 1 aliphatic rings. The van der Waals surface area contributed by atoms with E-state index in [0.717, 1.165) is 12.2 Å². The van der Waals surface area contributed by atoms with Crippen molar-refractivity contribution < 1.29 is 4.79 Å². The second-order valence-electron chi connectivity index (χ2n) is 4.84. The lowest BCUT2D eigenvalue weighted by Crippen LogP contribution is -2.41. The van der Waals surface area contributed by atoms with Gasteiger partial charge in [-0.25, -0.2) is 4.98 Å². The minimum atomic E-state index is -0.0487. The van der Waals surface area contributed by atoms with Crippen molar-refractivity contribution in [2.45, 2.75) is 26.4 Å². The van der Waals surface area contributed by atoms with Crippen LogP contribution in [0.5, 0.6) is 0 Å². The third-order valence-electron chi connectivity index (χ3n) is 3.60. The molecule has 1 aliphatic heterocycles. The molecular weight excluding hydrogens is 240 g/mol. The van der Waals surface area contributed by atoms with Crippen LogP contribution in [0.2, 0.25) is 0 Å². The number of aromatic nitrogens is 3. The van der Waals surface area contributed by atoms with Crippen LogP contribution in [-0.2, 0) is 6.54 Å². The van der Waals surface area contributed by atoms with Crippen LogP contribution in [-0.4, -0.2) is 31.9 Å². The highest BCUT2D eigenvalue weighted by molar-refractivity contribution is 5.92. The molecule has 19 heavy (non-hydrogen) atoms. The summed E-state index contributed by atoms with van der Waals surface area (Å²) in [6.07, 6.45) is 5.24. The van der Waals surface area contributed by atoms with Crippen LogP contribution >= 0.6 is 0 Å². The molecule has 0 saturated heterocycles. The van der Waals surface area contributed by atoms with Crippen LogP contribution < -0.4 is 0 Å². The molecule has 1 unspecified atom stereocenters. The van der Waals surface area contributed by atoms with Gasteiger partial charge in [-0.15, -0.1) is 0 Å². The second kappa shape index (κ2) is 4.50. The molecule has 5 nitrogen and oxygen atoms in total. The highest BCUT2D eigenvalue weighted by Gasteiger charge is 2.28. The fourth-order valence-electron chi connectivity index (χ4n) is 2.51. The molecule has 2 aromatic rings. The van der Waals surface area contributed by atoms with E-state index < -0.39 is 0 Å². The van der Waals surface area contributed by atoms with E-state index >= 15 is 0 Å². The van der Waals surface area contributed by atoms with Crippen LogP contribution in [0.4, 0.5) is 0 Å². The van der Waals surface area contributed by atoms with E-state index in [1.807, 2.05) is 24.8 Å². The molecule has 0 aromatic carbocycles. The SMILES string of the molecule is Cc1cnc(C(=O)N2CCn3cccc3C2C)cn1. The smallest absolute Gasteiger partial charge is 0.274 e. The van der Waals surface area contributed by atoms with E-state index in [0.29, 0.717) is 12.2 Å². The Morgan fingerprint density at radius 1 is 1.32 bits per heavy atom. The van der Waals surface area contributed by atoms with Crippen molar-refractivity contribution in [3.8, 4) is 0 Å². The summed E-state index contributed by atoms with van der Waals surface area (Å²) in [6, 6.07) is 4.15. The molecule has 1 amide bonds. The van der Waals surface area contributed by atoms with Gasteiger partial charge in [0, 0.05) is 31.2 Å². The maximum atomic E-state index is 12.5. The zero-order chi connectivity index (χ0) is 13.4. The molecule has 0 N–H and O–H groups in total. The fourth-order valence-corrected chi connectivity index (χ4v) is 2.51. The Hall–Kier alpha value is -2.17. The number of amides is 1. The van der Waals surface area contributed by atoms with E-state index in [4.69, 9.17) is 0 Å². The molecule has 0 aliphatic carbocycles. The maximum absolute atomic E-state index is 12.5. The highest BCUT2D eigenvalue weighted by atomic mass is 16.2. The standard InChI is InChI=1S/C14H16N4O/c1-10-8-16-12(9-15-10)14(19)18-7-6-17-5-3-4-13(17)11(18)2/h3-5,8-9,11H,6-7H2,1-2H3. The number of carbonyl (C=O) groups is 1. The zero-order valence-corrected chi connectivity index (χ0v) is 11.1. The molecule has 98 valence electrons. The average Bonchev–Trinajstić information content (AvgIpc) is 2.88. The van der Waals surface area contributed by atoms with Gasteiger partial charge in [0.05, 0.1) is 17.9 Å². The Bertz CT molecular complexity index is 602. The normalized spacial score (nSPS) is 18.2. The lowest BCUT2D eigenvalue weighted by Gasteiger charge is -2.34. The van der Waals surface area contributed by atoms with Crippen molar-refractivity contribution in [3.63, 3.8) is 0 Å². The molecule has 0 radical (unpaired) electrons. The van der Waals surface area contributed by atoms with Gasteiger partial charge in [-0.05, 0) is 26.0 Å². The Morgan fingerprint density at radius 3 is 2.89 bits per heavy atom. The molecular formula is C14H16N4O. The van der Waals surface area contributed by atoms with E-state index in [9.17, 15) is 4.79 Å². The van der Waals surface area contributed by atoms with E-state index in [-0.39, 0.29) is 11.9 Å². The largest absolute Gasteiger partial charge is 0.348 e. The van der Waals surface area contributed by atoms with Crippen LogP contribution in [0.1, 0.15) is 34.8 Å². The monoisotopic (exact) mass is 256 g/mol. The first-order valence-electron chi connectivity index (χ1n) is 6.41. The molecule has 3 heterocycles. The van der Waals surface area contributed by atoms with Gasteiger partial charge in [-0.2, -0.15) is 0 Å². The van der Waals surface area contributed by atoms with Gasteiger partial charge in [0.25, 0.3) is 5.91 Å². The van der Waals surface area contributed by atoms with Gasteiger partial charge < -0.3 is 9.47 Å². The van der Waals surface area contributed by atoms with E-state index in [1.54, 1.807) is 12.4 Å². The van der Waals surface area contributed by atoms with Crippen LogP contribution in [0.15, 0.2) is 30.7 Å². The Morgan fingerprint density at radius 2 is 2.16 bits per heavy atom. The van der Waals surface area contributed by atoms with Crippen molar-refractivity contribution in [2.75, 3.05) is 6.54 Å².